The lowest BCUT2D eigenvalue weighted by Gasteiger charge is -2.37. The summed E-state index contributed by atoms with van der Waals surface area (Å²) in [7, 11) is 0. The van der Waals surface area contributed by atoms with Crippen LogP contribution in [-0.2, 0) is 24.1 Å². The van der Waals surface area contributed by atoms with Crippen LogP contribution in [0.1, 0.15) is 30.2 Å². The molecule has 152 valence electrons. The molecule has 1 aliphatic rings. The molecule has 1 aromatic heterocycles. The molecule has 2 aromatic rings. The number of nitrogens with zero attached hydrogens (tertiary/aromatic N) is 4. The fourth-order valence-corrected chi connectivity index (χ4v) is 3.23. The number of halogens is 6. The largest absolute Gasteiger partial charge is 0.451 e. The van der Waals surface area contributed by atoms with Crippen LogP contribution in [0.15, 0.2) is 12.1 Å². The molecule has 12 heteroatoms. The Balaban J connectivity index is 2.01. The predicted octanol–water partition coefficient (Wildman–Crippen LogP) is 2.19. The average molecular weight is 407 g/mol. The summed E-state index contributed by atoms with van der Waals surface area (Å²) in [5.74, 6) is -5.67. The summed E-state index contributed by atoms with van der Waals surface area (Å²) in [5.41, 5.74) is 5.51. The van der Waals surface area contributed by atoms with E-state index in [-0.39, 0.29) is 31.0 Å². The predicted molar refractivity (Wildman–Crippen MR) is 83.1 cm³/mol. The Labute approximate surface area is 154 Å². The number of Topliss-reactive ketones (excluding diaryl/α,β-unsaturated/α-hetero) is 1. The summed E-state index contributed by atoms with van der Waals surface area (Å²) in [6.45, 7) is 0.624. The van der Waals surface area contributed by atoms with Gasteiger partial charge in [0.15, 0.2) is 11.6 Å². The maximum absolute atomic E-state index is 14.3. The lowest BCUT2D eigenvalue weighted by molar-refractivity contribution is -0.148. The quantitative estimate of drug-likeness (QED) is 0.621. The summed E-state index contributed by atoms with van der Waals surface area (Å²) < 4.78 is 81.1. The lowest BCUT2D eigenvalue weighted by Crippen LogP contribution is -2.48. The van der Waals surface area contributed by atoms with Crippen molar-refractivity contribution in [2.75, 3.05) is 6.54 Å². The number of carbonyl (C=O) groups is 1. The molecule has 0 fully saturated rings. The van der Waals surface area contributed by atoms with Crippen molar-refractivity contribution >= 4 is 5.78 Å². The molecule has 0 saturated carbocycles. The van der Waals surface area contributed by atoms with E-state index in [1.165, 1.54) is 4.90 Å². The van der Waals surface area contributed by atoms with Gasteiger partial charge in [0, 0.05) is 24.7 Å². The van der Waals surface area contributed by atoms with Crippen molar-refractivity contribution in [3.05, 3.63) is 46.8 Å². The SMILES string of the molecule is CC(=O)[C@H](N)C(c1cc(F)c(F)cc1F)N1CCn2c(nnc2C(F)(F)F)C1. The molecule has 0 aliphatic carbocycles. The fraction of sp³-hybridized carbons (Fsp3) is 0.438. The second kappa shape index (κ2) is 7.17. The molecule has 1 aliphatic heterocycles. The number of hydrogen-bond acceptors (Lipinski definition) is 5. The van der Waals surface area contributed by atoms with Gasteiger partial charge < -0.3 is 10.3 Å². The highest BCUT2D eigenvalue weighted by molar-refractivity contribution is 5.82. The van der Waals surface area contributed by atoms with Gasteiger partial charge >= 0.3 is 6.18 Å². The third-order valence-electron chi connectivity index (χ3n) is 4.60. The molecule has 0 spiro atoms. The molecule has 2 heterocycles. The number of rotatable bonds is 4. The molecule has 0 amide bonds. The maximum Gasteiger partial charge on any atom is 0.451 e. The Bertz CT molecular complexity index is 912. The monoisotopic (exact) mass is 407 g/mol. The lowest BCUT2D eigenvalue weighted by atomic mass is 9.94. The summed E-state index contributed by atoms with van der Waals surface area (Å²) in [6, 6.07) is -1.62. The van der Waals surface area contributed by atoms with E-state index in [4.69, 9.17) is 5.73 Å². The van der Waals surface area contributed by atoms with Crippen molar-refractivity contribution < 1.29 is 31.1 Å². The van der Waals surface area contributed by atoms with Crippen LogP contribution in [0.2, 0.25) is 0 Å². The van der Waals surface area contributed by atoms with Crippen LogP contribution >= 0.6 is 0 Å². The van der Waals surface area contributed by atoms with Crippen molar-refractivity contribution in [1.82, 2.24) is 19.7 Å². The van der Waals surface area contributed by atoms with E-state index in [1.54, 1.807) is 0 Å². The molecule has 28 heavy (non-hydrogen) atoms. The zero-order valence-electron chi connectivity index (χ0n) is 14.5. The average Bonchev–Trinajstić information content (AvgIpc) is 3.03. The van der Waals surface area contributed by atoms with Gasteiger partial charge in [-0.1, -0.05) is 0 Å². The molecule has 0 radical (unpaired) electrons. The van der Waals surface area contributed by atoms with E-state index in [0.717, 1.165) is 11.5 Å². The molecule has 1 unspecified atom stereocenters. The normalized spacial score (nSPS) is 17.3. The number of ketones is 1. The summed E-state index contributed by atoms with van der Waals surface area (Å²) >= 11 is 0. The van der Waals surface area contributed by atoms with Crippen LogP contribution in [0.4, 0.5) is 26.3 Å². The Hall–Kier alpha value is -2.47. The van der Waals surface area contributed by atoms with Gasteiger partial charge in [-0.2, -0.15) is 13.2 Å². The van der Waals surface area contributed by atoms with Crippen LogP contribution in [0.25, 0.3) is 0 Å². The molecule has 1 aromatic carbocycles. The van der Waals surface area contributed by atoms with Crippen molar-refractivity contribution in [2.45, 2.75) is 38.3 Å². The van der Waals surface area contributed by atoms with Crippen LogP contribution in [0, 0.1) is 17.5 Å². The smallest absolute Gasteiger partial charge is 0.320 e. The molecule has 2 N–H and O–H groups in total. The number of aromatic nitrogens is 3. The van der Waals surface area contributed by atoms with Gasteiger partial charge in [0.1, 0.15) is 17.4 Å². The molecule has 6 nitrogen and oxygen atoms in total. The molecule has 3 rings (SSSR count). The molecule has 0 bridgehead atoms. The molecular formula is C16H15F6N5O. The van der Waals surface area contributed by atoms with E-state index >= 15 is 0 Å². The van der Waals surface area contributed by atoms with E-state index in [1.807, 2.05) is 0 Å². The Kier molecular flexibility index (Phi) is 5.19. The zero-order valence-corrected chi connectivity index (χ0v) is 14.5. The summed E-state index contributed by atoms with van der Waals surface area (Å²) in [5, 5.41) is 6.64. The number of carbonyl (C=O) groups excluding carboxylic acids is 1. The van der Waals surface area contributed by atoms with Crippen LogP contribution < -0.4 is 5.73 Å². The van der Waals surface area contributed by atoms with Crippen LogP contribution in [0.5, 0.6) is 0 Å². The summed E-state index contributed by atoms with van der Waals surface area (Å²) in [4.78, 5) is 13.2. The van der Waals surface area contributed by atoms with E-state index in [9.17, 15) is 31.1 Å². The summed E-state index contributed by atoms with van der Waals surface area (Å²) in [6.07, 6.45) is -4.70. The number of nitrogens with two attached hydrogens (primary N) is 1. The van der Waals surface area contributed by atoms with Gasteiger partial charge in [-0.15, -0.1) is 10.2 Å². The first-order chi connectivity index (χ1) is 13.0. The van der Waals surface area contributed by atoms with Gasteiger partial charge in [-0.25, -0.2) is 13.2 Å². The van der Waals surface area contributed by atoms with E-state index < -0.39 is 47.3 Å². The van der Waals surface area contributed by atoms with Crippen molar-refractivity contribution in [3.63, 3.8) is 0 Å². The number of fused-ring (bicyclic) bond motifs is 1. The van der Waals surface area contributed by atoms with Gasteiger partial charge in [0.2, 0.25) is 5.82 Å². The van der Waals surface area contributed by atoms with Gasteiger partial charge in [-0.3, -0.25) is 9.69 Å². The minimum Gasteiger partial charge on any atom is -0.320 e. The van der Waals surface area contributed by atoms with E-state index in [2.05, 4.69) is 10.2 Å². The van der Waals surface area contributed by atoms with Crippen molar-refractivity contribution in [2.24, 2.45) is 5.73 Å². The topological polar surface area (TPSA) is 77.0 Å². The first-order valence-electron chi connectivity index (χ1n) is 8.14. The highest BCUT2D eigenvalue weighted by Crippen LogP contribution is 2.33. The zero-order chi connectivity index (χ0) is 20.8. The third kappa shape index (κ3) is 3.61. The van der Waals surface area contributed by atoms with Gasteiger partial charge in [-0.05, 0) is 13.0 Å². The minimum absolute atomic E-state index is 0.0673. The first-order valence-corrected chi connectivity index (χ1v) is 8.14. The third-order valence-corrected chi connectivity index (χ3v) is 4.60. The Morgan fingerprint density at radius 3 is 2.36 bits per heavy atom. The van der Waals surface area contributed by atoms with Gasteiger partial charge in [0.25, 0.3) is 0 Å². The second-order valence-corrected chi connectivity index (χ2v) is 6.43. The Morgan fingerprint density at radius 2 is 1.75 bits per heavy atom. The standard InChI is InChI=1S/C16H15F6N5O/c1-7(28)13(23)14(8-4-10(18)11(19)5-9(8)17)26-2-3-27-12(6-26)24-25-15(27)16(20,21)22/h4-5,13-14H,2-3,6,23H2,1H3/t13-,14?/m0/s1. The molecule has 0 saturated heterocycles. The highest BCUT2D eigenvalue weighted by atomic mass is 19.4. The van der Waals surface area contributed by atoms with Gasteiger partial charge in [0.05, 0.1) is 18.6 Å². The van der Waals surface area contributed by atoms with Crippen LogP contribution in [0.3, 0.4) is 0 Å². The minimum atomic E-state index is -4.70. The number of alkyl halides is 3. The number of hydrogen-bond donors (Lipinski definition) is 1. The fourth-order valence-electron chi connectivity index (χ4n) is 3.23. The molecular weight excluding hydrogens is 392 g/mol. The van der Waals surface area contributed by atoms with Crippen molar-refractivity contribution in [1.29, 1.82) is 0 Å². The Morgan fingerprint density at radius 1 is 1.11 bits per heavy atom. The van der Waals surface area contributed by atoms with E-state index in [0.29, 0.717) is 12.1 Å². The van der Waals surface area contributed by atoms with Crippen LogP contribution in [-0.4, -0.2) is 38.0 Å². The second-order valence-electron chi connectivity index (χ2n) is 6.43. The number of benzene rings is 1. The first kappa shape index (κ1) is 20.3. The highest BCUT2D eigenvalue weighted by Gasteiger charge is 2.41. The van der Waals surface area contributed by atoms with Crippen molar-refractivity contribution in [3.8, 4) is 0 Å². The maximum atomic E-state index is 14.3. The molecule has 2 atom stereocenters.